The molecule has 1 aliphatic carbocycles. The summed E-state index contributed by atoms with van der Waals surface area (Å²) >= 11 is 12.5. The topological polar surface area (TPSA) is 106 Å². The van der Waals surface area contributed by atoms with Crippen molar-refractivity contribution < 1.29 is 31.9 Å². The number of anilines is 2. The lowest BCUT2D eigenvalue weighted by Gasteiger charge is -2.39. The van der Waals surface area contributed by atoms with E-state index in [2.05, 4.69) is 10.3 Å². The maximum absolute atomic E-state index is 14.6. The van der Waals surface area contributed by atoms with Gasteiger partial charge < -0.3 is 5.32 Å². The van der Waals surface area contributed by atoms with E-state index in [0.717, 1.165) is 21.9 Å². The largest absolute Gasteiger partial charge is 0.351 e. The zero-order valence-corrected chi connectivity index (χ0v) is 23.5. The van der Waals surface area contributed by atoms with Crippen molar-refractivity contribution in [1.82, 2.24) is 10.3 Å². The molecule has 43 heavy (non-hydrogen) atoms. The van der Waals surface area contributed by atoms with Crippen molar-refractivity contribution in [3.8, 4) is 6.07 Å². The molecule has 1 saturated carbocycles. The van der Waals surface area contributed by atoms with Crippen LogP contribution in [0.5, 0.6) is 0 Å². The van der Waals surface area contributed by atoms with Gasteiger partial charge in [-0.3, -0.25) is 24.2 Å². The minimum absolute atomic E-state index is 0.0202. The van der Waals surface area contributed by atoms with E-state index < -0.39 is 71.9 Å². The van der Waals surface area contributed by atoms with Crippen LogP contribution in [-0.4, -0.2) is 40.7 Å². The maximum Gasteiger partial charge on any atom is 0.252 e. The molecule has 3 aromatic rings. The fourth-order valence-corrected chi connectivity index (χ4v) is 5.74. The minimum atomic E-state index is -2.98. The molecule has 14 heteroatoms. The molecule has 1 N–H and O–H groups in total. The molecule has 2 aromatic carbocycles. The predicted octanol–water partition coefficient (Wildman–Crippen LogP) is 5.72. The smallest absolute Gasteiger partial charge is 0.252 e. The Morgan fingerprint density at radius 3 is 2.42 bits per heavy atom. The monoisotopic (exact) mass is 633 g/mol. The number of alkyl halides is 2. The molecule has 2 heterocycles. The molecule has 0 spiro atoms. The lowest BCUT2D eigenvalue weighted by molar-refractivity contribution is -0.133. The average Bonchev–Trinajstić information content (AvgIpc) is 3.31. The lowest BCUT2D eigenvalue weighted by Crippen LogP contribution is -2.56. The summed E-state index contributed by atoms with van der Waals surface area (Å²) in [5.74, 6) is -7.57. The van der Waals surface area contributed by atoms with Crippen LogP contribution in [0, 0.1) is 23.0 Å². The van der Waals surface area contributed by atoms with E-state index in [0.29, 0.717) is 6.07 Å². The average molecular weight is 634 g/mol. The molecular formula is C29H21Cl2F4N5O3. The third-order valence-electron chi connectivity index (χ3n) is 7.18. The second-order valence-electron chi connectivity index (χ2n) is 10.2. The van der Waals surface area contributed by atoms with Crippen LogP contribution in [0.25, 0.3) is 0 Å². The standard InChI is InChI=1S/C29H21Cl2F4N5O3/c30-16-1-2-21(22(31)8-16)26(27(42)38-19-12-29(34,35)13-19)39(20-10-17(32)9-18(33)11-20)28(43)23-3-4-25(41)40(23)24-7-15(14-36)5-6-37-24/h1-2,5-11,19,23,26H,3-4,12-13H2,(H,38,42)/t23-,26?/m0/s1. The van der Waals surface area contributed by atoms with Gasteiger partial charge in [0.2, 0.25) is 11.8 Å². The molecular weight excluding hydrogens is 613 g/mol. The molecule has 5 rings (SSSR count). The van der Waals surface area contributed by atoms with Gasteiger partial charge in [-0.25, -0.2) is 22.5 Å². The molecule has 1 unspecified atom stereocenters. The Kier molecular flexibility index (Phi) is 8.31. The Hall–Kier alpha value is -4.21. The number of benzene rings is 2. The number of nitrogens with one attached hydrogen (secondary N) is 1. The summed E-state index contributed by atoms with van der Waals surface area (Å²) in [6.45, 7) is 0. The van der Waals surface area contributed by atoms with Gasteiger partial charge in [0.15, 0.2) is 0 Å². The molecule has 1 aromatic heterocycles. The van der Waals surface area contributed by atoms with Gasteiger partial charge in [0.1, 0.15) is 29.5 Å². The lowest BCUT2D eigenvalue weighted by atomic mass is 9.87. The molecule has 222 valence electrons. The van der Waals surface area contributed by atoms with E-state index in [1.165, 1.54) is 36.5 Å². The van der Waals surface area contributed by atoms with E-state index in [1.807, 2.05) is 6.07 Å². The number of nitrogens with zero attached hydrogens (tertiary/aromatic N) is 4. The van der Waals surface area contributed by atoms with Crippen molar-refractivity contribution >= 4 is 52.4 Å². The van der Waals surface area contributed by atoms with E-state index in [4.69, 9.17) is 23.2 Å². The first-order valence-electron chi connectivity index (χ1n) is 13.0. The number of hydrogen-bond donors (Lipinski definition) is 1. The number of carbonyl (C=O) groups is 3. The highest BCUT2D eigenvalue weighted by Crippen LogP contribution is 2.40. The van der Waals surface area contributed by atoms with Crippen molar-refractivity contribution in [2.75, 3.05) is 9.80 Å². The highest BCUT2D eigenvalue weighted by atomic mass is 35.5. The van der Waals surface area contributed by atoms with E-state index in [9.17, 15) is 37.2 Å². The molecule has 1 aliphatic heterocycles. The summed E-state index contributed by atoms with van der Waals surface area (Å²) in [5, 5.41) is 11.9. The summed E-state index contributed by atoms with van der Waals surface area (Å²) in [5.41, 5.74) is -0.263. The molecule has 2 fully saturated rings. The van der Waals surface area contributed by atoms with Crippen LogP contribution in [0.1, 0.15) is 42.9 Å². The van der Waals surface area contributed by atoms with Crippen molar-refractivity contribution in [3.63, 3.8) is 0 Å². The SMILES string of the molecule is N#Cc1ccnc(N2C(=O)CC[C@H]2C(=O)N(c2cc(F)cc(F)c2)C(C(=O)NC2CC(F)(F)C2)c2ccc(Cl)cc2Cl)c1. The van der Waals surface area contributed by atoms with Gasteiger partial charge >= 0.3 is 0 Å². The van der Waals surface area contributed by atoms with Gasteiger partial charge in [0.25, 0.3) is 11.8 Å². The summed E-state index contributed by atoms with van der Waals surface area (Å²) < 4.78 is 56.4. The number of pyridine rings is 1. The Balaban J connectivity index is 1.64. The summed E-state index contributed by atoms with van der Waals surface area (Å²) in [6, 6.07) is 6.81. The van der Waals surface area contributed by atoms with Gasteiger partial charge in [-0.15, -0.1) is 0 Å². The third kappa shape index (κ3) is 6.28. The third-order valence-corrected chi connectivity index (χ3v) is 7.74. The van der Waals surface area contributed by atoms with Crippen molar-refractivity contribution in [2.45, 2.75) is 49.7 Å². The van der Waals surface area contributed by atoms with Gasteiger partial charge in [0.05, 0.1) is 17.3 Å². The molecule has 2 atom stereocenters. The fraction of sp³-hybridized carbons (Fsp3) is 0.276. The number of halogens is 6. The molecule has 3 amide bonds. The van der Waals surface area contributed by atoms with Crippen LogP contribution in [-0.2, 0) is 14.4 Å². The van der Waals surface area contributed by atoms with E-state index in [1.54, 1.807) is 0 Å². The molecule has 1 saturated heterocycles. The van der Waals surface area contributed by atoms with Crippen LogP contribution in [0.3, 0.4) is 0 Å². The number of nitriles is 1. The molecule has 8 nitrogen and oxygen atoms in total. The maximum atomic E-state index is 14.6. The molecule has 0 bridgehead atoms. The quantitative estimate of drug-likeness (QED) is 0.335. The van der Waals surface area contributed by atoms with E-state index >= 15 is 0 Å². The summed E-state index contributed by atoms with van der Waals surface area (Å²) in [6.07, 6.45) is -0.195. The minimum Gasteiger partial charge on any atom is -0.351 e. The normalized spacial score (nSPS) is 18.5. The highest BCUT2D eigenvalue weighted by molar-refractivity contribution is 6.35. The van der Waals surface area contributed by atoms with Crippen LogP contribution in [0.4, 0.5) is 29.1 Å². The summed E-state index contributed by atoms with van der Waals surface area (Å²) in [7, 11) is 0. The first kappa shape index (κ1) is 30.3. The predicted molar refractivity (Wildman–Crippen MR) is 149 cm³/mol. The number of carbonyl (C=O) groups excluding carboxylic acids is 3. The van der Waals surface area contributed by atoms with Crippen molar-refractivity contribution in [1.29, 1.82) is 5.26 Å². The first-order chi connectivity index (χ1) is 20.4. The highest BCUT2D eigenvalue weighted by Gasteiger charge is 2.48. The van der Waals surface area contributed by atoms with Crippen LogP contribution in [0.2, 0.25) is 10.0 Å². The Morgan fingerprint density at radius 2 is 1.79 bits per heavy atom. The fourth-order valence-electron chi connectivity index (χ4n) is 5.23. The second-order valence-corrected chi connectivity index (χ2v) is 11.1. The molecule has 0 radical (unpaired) electrons. The van der Waals surface area contributed by atoms with Crippen LogP contribution in [0.15, 0.2) is 54.7 Å². The van der Waals surface area contributed by atoms with Crippen molar-refractivity contribution in [3.05, 3.63) is 87.5 Å². The van der Waals surface area contributed by atoms with Gasteiger partial charge in [-0.05, 0) is 42.8 Å². The first-order valence-corrected chi connectivity index (χ1v) is 13.7. The van der Waals surface area contributed by atoms with Gasteiger partial charge in [0, 0.05) is 53.2 Å². The Morgan fingerprint density at radius 1 is 1.09 bits per heavy atom. The number of hydrogen-bond acceptors (Lipinski definition) is 5. The summed E-state index contributed by atoms with van der Waals surface area (Å²) in [4.78, 5) is 47.3. The van der Waals surface area contributed by atoms with Crippen LogP contribution < -0.4 is 15.1 Å². The molecule has 2 aliphatic rings. The van der Waals surface area contributed by atoms with Crippen molar-refractivity contribution in [2.24, 2.45) is 0 Å². The van der Waals surface area contributed by atoms with Gasteiger partial charge in [-0.1, -0.05) is 29.3 Å². The zero-order valence-electron chi connectivity index (χ0n) is 22.0. The second kappa shape index (κ2) is 11.8. The Labute approximate surface area is 252 Å². The van der Waals surface area contributed by atoms with E-state index in [-0.39, 0.29) is 39.8 Å². The number of amides is 3. The van der Waals surface area contributed by atoms with Gasteiger partial charge in [-0.2, -0.15) is 5.26 Å². The zero-order chi connectivity index (χ0) is 31.1. The number of aromatic nitrogens is 1. The number of rotatable bonds is 7. The van der Waals surface area contributed by atoms with Crippen LogP contribution >= 0.6 is 23.2 Å². The Bertz CT molecular complexity index is 1640.